The Hall–Kier alpha value is -0.870. The van der Waals surface area contributed by atoms with Crippen molar-refractivity contribution < 1.29 is 0 Å². The van der Waals surface area contributed by atoms with Crippen molar-refractivity contribution in [2.45, 2.75) is 20.4 Å². The van der Waals surface area contributed by atoms with Crippen LogP contribution in [0, 0.1) is 6.92 Å². The molecule has 0 radical (unpaired) electrons. The molecule has 0 bridgehead atoms. The molecule has 1 aromatic heterocycles. The summed E-state index contributed by atoms with van der Waals surface area (Å²) in [6.45, 7) is 9.50. The summed E-state index contributed by atoms with van der Waals surface area (Å²) >= 11 is 0. The third-order valence-electron chi connectivity index (χ3n) is 2.66. The highest BCUT2D eigenvalue weighted by atomic mass is 15.1. The van der Waals surface area contributed by atoms with Gasteiger partial charge in [0.05, 0.1) is 0 Å². The van der Waals surface area contributed by atoms with Crippen LogP contribution in [0.5, 0.6) is 0 Å². The van der Waals surface area contributed by atoms with Gasteiger partial charge in [0, 0.05) is 38.6 Å². The van der Waals surface area contributed by atoms with Crippen molar-refractivity contribution in [2.75, 3.05) is 33.2 Å². The first kappa shape index (κ1) is 12.2. The standard InChI is InChI=1S/C11H22N4/c1-4-14(3)8-5-12-6-9-15-10-7-13-11(15)2/h7,10,12H,4-6,8-9H2,1-3H3. The Bertz CT molecular complexity index is 269. The number of aryl methyl sites for hydroxylation is 1. The Labute approximate surface area is 92.3 Å². The van der Waals surface area contributed by atoms with Gasteiger partial charge < -0.3 is 14.8 Å². The van der Waals surface area contributed by atoms with Crippen LogP contribution in [-0.4, -0.2) is 47.7 Å². The van der Waals surface area contributed by atoms with Gasteiger partial charge in [-0.1, -0.05) is 6.92 Å². The summed E-state index contributed by atoms with van der Waals surface area (Å²) < 4.78 is 2.16. The monoisotopic (exact) mass is 210 g/mol. The highest BCUT2D eigenvalue weighted by molar-refractivity contribution is 4.88. The lowest BCUT2D eigenvalue weighted by molar-refractivity contribution is 0.348. The SMILES string of the molecule is CCN(C)CCNCCn1ccnc1C. The third-order valence-corrected chi connectivity index (χ3v) is 2.66. The van der Waals surface area contributed by atoms with Gasteiger partial charge in [0.1, 0.15) is 5.82 Å². The topological polar surface area (TPSA) is 33.1 Å². The van der Waals surface area contributed by atoms with Gasteiger partial charge in [-0.05, 0) is 20.5 Å². The number of imidazole rings is 1. The van der Waals surface area contributed by atoms with E-state index < -0.39 is 0 Å². The van der Waals surface area contributed by atoms with Crippen LogP contribution < -0.4 is 5.32 Å². The van der Waals surface area contributed by atoms with Gasteiger partial charge in [0.15, 0.2) is 0 Å². The molecule has 0 unspecified atom stereocenters. The maximum Gasteiger partial charge on any atom is 0.105 e. The van der Waals surface area contributed by atoms with Gasteiger partial charge in [-0.25, -0.2) is 4.98 Å². The van der Waals surface area contributed by atoms with Crippen LogP contribution in [0.3, 0.4) is 0 Å². The molecule has 0 fully saturated rings. The average molecular weight is 210 g/mol. The molecular weight excluding hydrogens is 188 g/mol. The Balaban J connectivity index is 2.05. The lowest BCUT2D eigenvalue weighted by Crippen LogP contribution is -2.30. The molecule has 0 aliphatic rings. The number of rotatable bonds is 7. The summed E-state index contributed by atoms with van der Waals surface area (Å²) in [6.07, 6.45) is 3.87. The van der Waals surface area contributed by atoms with E-state index in [1.807, 2.05) is 19.3 Å². The maximum absolute atomic E-state index is 4.18. The van der Waals surface area contributed by atoms with E-state index in [0.717, 1.165) is 38.5 Å². The quantitative estimate of drug-likeness (QED) is 0.674. The Morgan fingerprint density at radius 2 is 2.27 bits per heavy atom. The van der Waals surface area contributed by atoms with Gasteiger partial charge in [-0.15, -0.1) is 0 Å². The molecule has 0 saturated heterocycles. The van der Waals surface area contributed by atoms with Crippen LogP contribution in [-0.2, 0) is 6.54 Å². The summed E-state index contributed by atoms with van der Waals surface area (Å²) in [6, 6.07) is 0. The molecule has 0 aliphatic heterocycles. The van der Waals surface area contributed by atoms with Crippen LogP contribution in [0.4, 0.5) is 0 Å². The molecule has 4 nitrogen and oxygen atoms in total. The minimum absolute atomic E-state index is 1.00. The maximum atomic E-state index is 4.18. The summed E-state index contributed by atoms with van der Waals surface area (Å²) in [7, 11) is 2.14. The first-order chi connectivity index (χ1) is 7.24. The predicted molar refractivity (Wildman–Crippen MR) is 63.0 cm³/mol. The Morgan fingerprint density at radius 3 is 2.87 bits per heavy atom. The number of nitrogens with zero attached hydrogens (tertiary/aromatic N) is 3. The van der Waals surface area contributed by atoms with Gasteiger partial charge in [0.2, 0.25) is 0 Å². The fourth-order valence-corrected chi connectivity index (χ4v) is 1.39. The molecular formula is C11H22N4. The highest BCUT2D eigenvalue weighted by Gasteiger charge is 1.96. The van der Waals surface area contributed by atoms with E-state index in [-0.39, 0.29) is 0 Å². The fraction of sp³-hybridized carbons (Fsp3) is 0.727. The molecule has 0 aromatic carbocycles. The number of hydrogen-bond acceptors (Lipinski definition) is 3. The Kier molecular flexibility index (Phi) is 5.36. The fourth-order valence-electron chi connectivity index (χ4n) is 1.39. The van der Waals surface area contributed by atoms with Gasteiger partial charge in [-0.2, -0.15) is 0 Å². The highest BCUT2D eigenvalue weighted by Crippen LogP contribution is 1.93. The second-order valence-corrected chi connectivity index (χ2v) is 3.81. The van der Waals surface area contributed by atoms with E-state index >= 15 is 0 Å². The number of hydrogen-bond donors (Lipinski definition) is 1. The largest absolute Gasteiger partial charge is 0.334 e. The Morgan fingerprint density at radius 1 is 1.47 bits per heavy atom. The van der Waals surface area contributed by atoms with Gasteiger partial charge in [0.25, 0.3) is 0 Å². The van der Waals surface area contributed by atoms with Crippen molar-refractivity contribution in [3.63, 3.8) is 0 Å². The minimum Gasteiger partial charge on any atom is -0.334 e. The second-order valence-electron chi connectivity index (χ2n) is 3.81. The summed E-state index contributed by atoms with van der Waals surface area (Å²) in [4.78, 5) is 6.49. The summed E-state index contributed by atoms with van der Waals surface area (Å²) in [5.74, 6) is 1.09. The lowest BCUT2D eigenvalue weighted by atomic mass is 10.5. The van der Waals surface area contributed by atoms with E-state index in [0.29, 0.717) is 0 Å². The van der Waals surface area contributed by atoms with E-state index in [1.54, 1.807) is 0 Å². The van der Waals surface area contributed by atoms with Crippen molar-refractivity contribution in [3.8, 4) is 0 Å². The normalized spacial score (nSPS) is 11.2. The molecule has 1 rings (SSSR count). The van der Waals surface area contributed by atoms with Crippen LogP contribution in [0.2, 0.25) is 0 Å². The first-order valence-corrected chi connectivity index (χ1v) is 5.61. The predicted octanol–water partition coefficient (Wildman–Crippen LogP) is 0.733. The van der Waals surface area contributed by atoms with E-state index in [1.165, 1.54) is 0 Å². The summed E-state index contributed by atoms with van der Waals surface area (Å²) in [5, 5.41) is 3.43. The van der Waals surface area contributed by atoms with E-state index in [9.17, 15) is 0 Å². The molecule has 0 aliphatic carbocycles. The second kappa shape index (κ2) is 6.58. The number of nitrogens with one attached hydrogen (secondary N) is 1. The first-order valence-electron chi connectivity index (χ1n) is 5.61. The van der Waals surface area contributed by atoms with Crippen molar-refractivity contribution in [1.82, 2.24) is 19.8 Å². The van der Waals surface area contributed by atoms with Crippen LogP contribution in [0.15, 0.2) is 12.4 Å². The molecule has 1 N–H and O–H groups in total. The smallest absolute Gasteiger partial charge is 0.105 e. The minimum atomic E-state index is 1.00. The molecule has 0 atom stereocenters. The van der Waals surface area contributed by atoms with Gasteiger partial charge in [-0.3, -0.25) is 0 Å². The average Bonchev–Trinajstić information content (AvgIpc) is 2.63. The molecule has 1 heterocycles. The zero-order valence-corrected chi connectivity index (χ0v) is 10.0. The van der Waals surface area contributed by atoms with Crippen molar-refractivity contribution in [2.24, 2.45) is 0 Å². The molecule has 0 spiro atoms. The lowest BCUT2D eigenvalue weighted by Gasteiger charge is -2.14. The molecule has 15 heavy (non-hydrogen) atoms. The van der Waals surface area contributed by atoms with Gasteiger partial charge >= 0.3 is 0 Å². The van der Waals surface area contributed by atoms with Crippen LogP contribution in [0.25, 0.3) is 0 Å². The van der Waals surface area contributed by atoms with E-state index in [2.05, 4.69) is 33.7 Å². The number of aromatic nitrogens is 2. The van der Waals surface area contributed by atoms with E-state index in [4.69, 9.17) is 0 Å². The van der Waals surface area contributed by atoms with Crippen LogP contribution in [0.1, 0.15) is 12.7 Å². The molecule has 0 amide bonds. The van der Waals surface area contributed by atoms with Crippen LogP contribution >= 0.6 is 0 Å². The molecule has 86 valence electrons. The molecule has 0 saturated carbocycles. The zero-order valence-electron chi connectivity index (χ0n) is 10.0. The van der Waals surface area contributed by atoms with Crippen molar-refractivity contribution in [1.29, 1.82) is 0 Å². The molecule has 1 aromatic rings. The third kappa shape index (κ3) is 4.44. The van der Waals surface area contributed by atoms with Crippen molar-refractivity contribution in [3.05, 3.63) is 18.2 Å². The zero-order chi connectivity index (χ0) is 11.1. The molecule has 4 heteroatoms. The van der Waals surface area contributed by atoms with Crippen molar-refractivity contribution >= 4 is 0 Å². The summed E-state index contributed by atoms with van der Waals surface area (Å²) in [5.41, 5.74) is 0. The number of likely N-dealkylation sites (N-methyl/N-ethyl adjacent to an activating group) is 1.